The molecule has 12 heteroatoms. The van der Waals surface area contributed by atoms with Crippen LogP contribution < -0.4 is 10.6 Å². The molecule has 0 aliphatic heterocycles. The molecule has 0 bridgehead atoms. The van der Waals surface area contributed by atoms with E-state index in [1.54, 1.807) is 36.4 Å². The summed E-state index contributed by atoms with van der Waals surface area (Å²) in [6.07, 6.45) is 0.627. The number of nitrogens with one attached hydrogen (secondary N) is 2. The molecule has 1 heterocycles. The van der Waals surface area contributed by atoms with Crippen LogP contribution in [0.5, 0.6) is 0 Å². The van der Waals surface area contributed by atoms with Crippen molar-refractivity contribution < 1.29 is 19.1 Å². The third-order valence-corrected chi connectivity index (χ3v) is 7.00. The van der Waals surface area contributed by atoms with Gasteiger partial charge in [-0.1, -0.05) is 48.8 Å². The highest BCUT2D eigenvalue weighted by atomic mass is 35.5. The van der Waals surface area contributed by atoms with Gasteiger partial charge in [0.1, 0.15) is 0 Å². The Labute approximate surface area is 235 Å². The SMILES string of the molecule is CCn1c(SCC(=O)Nc2ccc(C(=O)OC)cc2)nnc1[C@@H](CC(C)C)NC(=O)c1ccc(Cl)cc1Cl. The molecule has 0 unspecified atom stereocenters. The van der Waals surface area contributed by atoms with Crippen molar-refractivity contribution in [3.8, 4) is 0 Å². The number of nitrogens with zero attached hydrogens (tertiary/aromatic N) is 3. The van der Waals surface area contributed by atoms with Crippen LogP contribution in [-0.4, -0.2) is 45.4 Å². The van der Waals surface area contributed by atoms with Gasteiger partial charge in [-0.3, -0.25) is 9.59 Å². The fourth-order valence-electron chi connectivity index (χ4n) is 3.71. The van der Waals surface area contributed by atoms with Crippen LogP contribution in [0.2, 0.25) is 10.0 Å². The Balaban J connectivity index is 1.70. The lowest BCUT2D eigenvalue weighted by Crippen LogP contribution is -2.31. The Morgan fingerprint density at radius 3 is 2.39 bits per heavy atom. The number of esters is 1. The lowest BCUT2D eigenvalue weighted by atomic mass is 10.0. The quantitative estimate of drug-likeness (QED) is 0.224. The van der Waals surface area contributed by atoms with Gasteiger partial charge >= 0.3 is 5.97 Å². The van der Waals surface area contributed by atoms with Crippen molar-refractivity contribution in [1.29, 1.82) is 0 Å². The first-order valence-electron chi connectivity index (χ1n) is 11.9. The van der Waals surface area contributed by atoms with Gasteiger partial charge in [0, 0.05) is 17.3 Å². The zero-order chi connectivity index (χ0) is 27.8. The molecule has 0 spiro atoms. The maximum atomic E-state index is 13.0. The second kappa shape index (κ2) is 13.6. The van der Waals surface area contributed by atoms with E-state index in [2.05, 4.69) is 39.4 Å². The molecule has 3 aromatic rings. The minimum absolute atomic E-state index is 0.0957. The molecule has 2 N–H and O–H groups in total. The zero-order valence-electron chi connectivity index (χ0n) is 21.5. The van der Waals surface area contributed by atoms with Gasteiger partial charge in [0.15, 0.2) is 11.0 Å². The van der Waals surface area contributed by atoms with E-state index < -0.39 is 12.0 Å². The van der Waals surface area contributed by atoms with E-state index in [0.717, 1.165) is 0 Å². The Morgan fingerprint density at radius 1 is 1.08 bits per heavy atom. The van der Waals surface area contributed by atoms with Crippen molar-refractivity contribution in [3.63, 3.8) is 0 Å². The van der Waals surface area contributed by atoms with Crippen molar-refractivity contribution in [2.75, 3.05) is 18.2 Å². The standard InChI is InChI=1S/C26H29Cl2N5O4S/c1-5-33-23(21(12-15(2)3)30-24(35)19-11-8-17(27)13-20(19)28)31-32-26(33)38-14-22(34)29-18-9-6-16(7-10-18)25(36)37-4/h6-11,13,15,21H,5,12,14H2,1-4H3,(H,29,34)(H,30,35)/t21-/m1/s1. The number of ether oxygens (including phenoxy) is 1. The first-order valence-corrected chi connectivity index (χ1v) is 13.7. The van der Waals surface area contributed by atoms with E-state index in [9.17, 15) is 14.4 Å². The summed E-state index contributed by atoms with van der Waals surface area (Å²) in [5.74, 6) is -0.0710. The van der Waals surface area contributed by atoms with Crippen molar-refractivity contribution in [1.82, 2.24) is 20.1 Å². The van der Waals surface area contributed by atoms with Gasteiger partial charge < -0.3 is 19.9 Å². The van der Waals surface area contributed by atoms with Crippen LogP contribution in [0.15, 0.2) is 47.6 Å². The van der Waals surface area contributed by atoms with Gasteiger partial charge in [0.2, 0.25) is 5.91 Å². The molecule has 0 aliphatic carbocycles. The van der Waals surface area contributed by atoms with Crippen LogP contribution in [0.3, 0.4) is 0 Å². The highest BCUT2D eigenvalue weighted by molar-refractivity contribution is 7.99. The second-order valence-corrected chi connectivity index (χ2v) is 10.6. The van der Waals surface area contributed by atoms with Gasteiger partial charge in [-0.15, -0.1) is 10.2 Å². The molecule has 9 nitrogen and oxygen atoms in total. The summed E-state index contributed by atoms with van der Waals surface area (Å²) < 4.78 is 6.57. The van der Waals surface area contributed by atoms with Crippen LogP contribution in [0.1, 0.15) is 59.8 Å². The molecule has 1 aromatic heterocycles. The highest BCUT2D eigenvalue weighted by Gasteiger charge is 2.25. The number of thioether (sulfide) groups is 1. The smallest absolute Gasteiger partial charge is 0.337 e. The summed E-state index contributed by atoms with van der Waals surface area (Å²) in [5, 5.41) is 15.8. The molecule has 202 valence electrons. The number of rotatable bonds is 11. The number of carbonyl (C=O) groups excluding carboxylic acids is 3. The predicted molar refractivity (Wildman–Crippen MR) is 149 cm³/mol. The van der Waals surface area contributed by atoms with E-state index in [1.807, 2.05) is 11.5 Å². The van der Waals surface area contributed by atoms with Crippen LogP contribution in [0.4, 0.5) is 5.69 Å². The number of amides is 2. The number of halogens is 2. The first kappa shape index (κ1) is 29.5. The largest absolute Gasteiger partial charge is 0.465 e. The molecular weight excluding hydrogens is 549 g/mol. The van der Waals surface area contributed by atoms with Crippen LogP contribution in [0.25, 0.3) is 0 Å². The monoisotopic (exact) mass is 577 g/mol. The minimum atomic E-state index is -0.448. The van der Waals surface area contributed by atoms with Crippen LogP contribution >= 0.6 is 35.0 Å². The minimum Gasteiger partial charge on any atom is -0.465 e. The maximum absolute atomic E-state index is 13.0. The molecule has 38 heavy (non-hydrogen) atoms. The summed E-state index contributed by atoms with van der Waals surface area (Å²) in [6.45, 7) is 6.61. The molecule has 1 atom stereocenters. The Kier molecular flexibility index (Phi) is 10.6. The van der Waals surface area contributed by atoms with E-state index in [4.69, 9.17) is 23.2 Å². The van der Waals surface area contributed by atoms with E-state index in [1.165, 1.54) is 24.9 Å². The Bertz CT molecular complexity index is 1300. The van der Waals surface area contributed by atoms with Gasteiger partial charge in [0.25, 0.3) is 5.91 Å². The van der Waals surface area contributed by atoms with Gasteiger partial charge in [-0.05, 0) is 61.7 Å². The van der Waals surface area contributed by atoms with E-state index in [0.29, 0.717) is 45.8 Å². The summed E-state index contributed by atoms with van der Waals surface area (Å²) in [4.78, 5) is 37.1. The average molecular weight is 579 g/mol. The normalized spacial score (nSPS) is 11.8. The fourth-order valence-corrected chi connectivity index (χ4v) is 5.01. The van der Waals surface area contributed by atoms with Crippen molar-refractivity contribution >= 4 is 58.4 Å². The van der Waals surface area contributed by atoms with Crippen molar-refractivity contribution in [3.05, 3.63) is 69.5 Å². The average Bonchev–Trinajstić information content (AvgIpc) is 3.29. The number of hydrogen-bond acceptors (Lipinski definition) is 7. The van der Waals surface area contributed by atoms with E-state index >= 15 is 0 Å². The Hall–Kier alpha value is -3.08. The maximum Gasteiger partial charge on any atom is 0.337 e. The first-order chi connectivity index (χ1) is 18.1. The molecule has 0 fully saturated rings. The third-order valence-electron chi connectivity index (χ3n) is 5.48. The van der Waals surface area contributed by atoms with Gasteiger partial charge in [-0.2, -0.15) is 0 Å². The lowest BCUT2D eigenvalue weighted by molar-refractivity contribution is -0.113. The Morgan fingerprint density at radius 2 is 1.79 bits per heavy atom. The number of methoxy groups -OCH3 is 1. The summed E-state index contributed by atoms with van der Waals surface area (Å²) in [6, 6.07) is 10.7. The molecule has 3 rings (SSSR count). The predicted octanol–water partition coefficient (Wildman–Crippen LogP) is 5.64. The number of carbonyl (C=O) groups is 3. The summed E-state index contributed by atoms with van der Waals surface area (Å²) in [5.41, 5.74) is 1.27. The fraction of sp³-hybridized carbons (Fsp3) is 0.346. The number of aromatic nitrogens is 3. The number of hydrogen-bond donors (Lipinski definition) is 2. The molecule has 2 amide bonds. The molecular formula is C26H29Cl2N5O4S. The van der Waals surface area contributed by atoms with Gasteiger partial charge in [-0.25, -0.2) is 4.79 Å². The molecule has 0 saturated heterocycles. The topological polar surface area (TPSA) is 115 Å². The molecule has 0 aliphatic rings. The second-order valence-electron chi connectivity index (χ2n) is 8.77. The van der Waals surface area contributed by atoms with Crippen molar-refractivity contribution in [2.45, 2.75) is 44.9 Å². The zero-order valence-corrected chi connectivity index (χ0v) is 23.8. The summed E-state index contributed by atoms with van der Waals surface area (Å²) >= 11 is 13.5. The van der Waals surface area contributed by atoms with Crippen molar-refractivity contribution in [2.24, 2.45) is 5.92 Å². The highest BCUT2D eigenvalue weighted by Crippen LogP contribution is 2.27. The molecule has 0 saturated carbocycles. The molecule has 2 aromatic carbocycles. The summed E-state index contributed by atoms with van der Waals surface area (Å²) in [7, 11) is 1.31. The third kappa shape index (κ3) is 7.72. The van der Waals surface area contributed by atoms with Crippen LogP contribution in [-0.2, 0) is 16.1 Å². The van der Waals surface area contributed by atoms with E-state index in [-0.39, 0.29) is 28.5 Å². The lowest BCUT2D eigenvalue weighted by Gasteiger charge is -2.21. The van der Waals surface area contributed by atoms with Gasteiger partial charge in [0.05, 0.1) is 35.1 Å². The molecule has 0 radical (unpaired) electrons. The number of benzene rings is 2. The number of anilines is 1. The van der Waals surface area contributed by atoms with Crippen LogP contribution in [0, 0.1) is 5.92 Å².